The molecule has 0 aromatic heterocycles. The summed E-state index contributed by atoms with van der Waals surface area (Å²) in [6.45, 7) is 5.58. The van der Waals surface area contributed by atoms with E-state index in [1.165, 1.54) is 0 Å². The maximum absolute atomic E-state index is 12.5. The van der Waals surface area contributed by atoms with Crippen molar-refractivity contribution in [2.45, 2.75) is 32.5 Å². The second-order valence-electron chi connectivity index (χ2n) is 6.75. The number of likely N-dealkylation sites (N-methyl/N-ethyl adjacent to an activating group) is 1. The maximum atomic E-state index is 12.5. The second kappa shape index (κ2) is 7.62. The molecule has 1 amide bonds. The number of benzene rings is 1. The van der Waals surface area contributed by atoms with Crippen molar-refractivity contribution in [2.75, 3.05) is 26.8 Å². The van der Waals surface area contributed by atoms with Crippen molar-refractivity contribution in [2.24, 2.45) is 5.41 Å². The molecule has 2 rings (SSSR count). The number of carbonyl (C=O) groups excluding carboxylic acids is 1. The average molecular weight is 341 g/mol. The van der Waals surface area contributed by atoms with E-state index in [0.29, 0.717) is 31.3 Å². The van der Waals surface area contributed by atoms with Crippen LogP contribution in [0, 0.1) is 5.41 Å². The first-order chi connectivity index (χ1) is 10.8. The minimum absolute atomic E-state index is 0.0438. The minimum atomic E-state index is -0.585. The molecular formula is C17H25ClN2O3. The third kappa shape index (κ3) is 4.67. The average Bonchev–Trinajstić information content (AvgIpc) is 2.92. The predicted molar refractivity (Wildman–Crippen MR) is 90.3 cm³/mol. The third-order valence-electron chi connectivity index (χ3n) is 4.24. The lowest BCUT2D eigenvalue weighted by molar-refractivity contribution is -0.130. The fraction of sp³-hybridized carbons (Fsp3) is 0.588. The van der Waals surface area contributed by atoms with Crippen LogP contribution < -0.4 is 5.32 Å². The van der Waals surface area contributed by atoms with E-state index in [-0.39, 0.29) is 11.9 Å². The summed E-state index contributed by atoms with van der Waals surface area (Å²) in [6.07, 6.45) is -0.498. The molecule has 1 aliphatic heterocycles. The van der Waals surface area contributed by atoms with Crippen molar-refractivity contribution < 1.29 is 14.6 Å². The molecule has 0 bridgehead atoms. The van der Waals surface area contributed by atoms with Crippen LogP contribution in [0.1, 0.15) is 19.4 Å². The van der Waals surface area contributed by atoms with Gasteiger partial charge in [0, 0.05) is 18.1 Å². The summed E-state index contributed by atoms with van der Waals surface area (Å²) in [7, 11) is 1.91. The van der Waals surface area contributed by atoms with Gasteiger partial charge in [-0.15, -0.1) is 0 Å². The van der Waals surface area contributed by atoms with E-state index in [2.05, 4.69) is 5.32 Å². The van der Waals surface area contributed by atoms with E-state index in [1.54, 1.807) is 0 Å². The number of nitrogens with zero attached hydrogens (tertiary/aromatic N) is 1. The number of hydrogen-bond donors (Lipinski definition) is 2. The van der Waals surface area contributed by atoms with Gasteiger partial charge in [0.25, 0.3) is 0 Å². The predicted octanol–water partition coefficient (Wildman–Crippen LogP) is 1.67. The summed E-state index contributed by atoms with van der Waals surface area (Å²) in [5.41, 5.74) is 0.310. The third-order valence-corrected chi connectivity index (χ3v) is 4.61. The molecule has 1 aliphatic rings. The SMILES string of the molecule is CN(CC(C)(C)C(=O)NCc1ccccc1Cl)[C@@H]1COC[C@H]1O. The molecule has 1 heterocycles. The van der Waals surface area contributed by atoms with Crippen molar-refractivity contribution in [1.29, 1.82) is 0 Å². The van der Waals surface area contributed by atoms with Crippen molar-refractivity contribution >= 4 is 17.5 Å². The normalized spacial score (nSPS) is 21.7. The quantitative estimate of drug-likeness (QED) is 0.827. The first-order valence-corrected chi connectivity index (χ1v) is 8.17. The topological polar surface area (TPSA) is 61.8 Å². The van der Waals surface area contributed by atoms with E-state index in [1.807, 2.05) is 50.1 Å². The Kier molecular flexibility index (Phi) is 6.03. The van der Waals surface area contributed by atoms with E-state index in [0.717, 1.165) is 5.56 Å². The molecule has 1 saturated heterocycles. The van der Waals surface area contributed by atoms with Gasteiger partial charge in [-0.3, -0.25) is 9.69 Å². The maximum Gasteiger partial charge on any atom is 0.227 e. The summed E-state index contributed by atoms with van der Waals surface area (Å²) in [4.78, 5) is 14.5. The van der Waals surface area contributed by atoms with E-state index >= 15 is 0 Å². The Balaban J connectivity index is 1.90. The molecule has 1 fully saturated rings. The second-order valence-corrected chi connectivity index (χ2v) is 7.15. The van der Waals surface area contributed by atoms with Crippen LogP contribution in [0.25, 0.3) is 0 Å². The zero-order chi connectivity index (χ0) is 17.0. The highest BCUT2D eigenvalue weighted by Crippen LogP contribution is 2.22. The zero-order valence-corrected chi connectivity index (χ0v) is 14.6. The van der Waals surface area contributed by atoms with Crippen molar-refractivity contribution in [1.82, 2.24) is 10.2 Å². The highest BCUT2D eigenvalue weighted by molar-refractivity contribution is 6.31. The Hall–Kier alpha value is -1.14. The van der Waals surface area contributed by atoms with Crippen molar-refractivity contribution in [3.05, 3.63) is 34.9 Å². The van der Waals surface area contributed by atoms with Crippen LogP contribution >= 0.6 is 11.6 Å². The molecule has 5 nitrogen and oxygen atoms in total. The number of carbonyl (C=O) groups is 1. The molecule has 0 spiro atoms. The first kappa shape index (κ1) is 18.2. The largest absolute Gasteiger partial charge is 0.389 e. The molecule has 128 valence electrons. The van der Waals surface area contributed by atoms with E-state index in [9.17, 15) is 9.90 Å². The van der Waals surface area contributed by atoms with Gasteiger partial charge in [0.1, 0.15) is 0 Å². The van der Waals surface area contributed by atoms with Gasteiger partial charge in [0.2, 0.25) is 5.91 Å². The molecule has 0 radical (unpaired) electrons. The molecule has 1 aromatic rings. The Morgan fingerprint density at radius 3 is 2.74 bits per heavy atom. The molecule has 2 N–H and O–H groups in total. The van der Waals surface area contributed by atoms with Gasteiger partial charge in [-0.1, -0.05) is 29.8 Å². The van der Waals surface area contributed by atoms with Crippen LogP contribution in [0.2, 0.25) is 5.02 Å². The van der Waals surface area contributed by atoms with Crippen LogP contribution in [-0.2, 0) is 16.1 Å². The van der Waals surface area contributed by atoms with Crippen LogP contribution in [-0.4, -0.2) is 54.9 Å². The summed E-state index contributed by atoms with van der Waals surface area (Å²) < 4.78 is 5.28. The van der Waals surface area contributed by atoms with Gasteiger partial charge in [0.05, 0.1) is 30.8 Å². The summed E-state index contributed by atoms with van der Waals surface area (Å²) in [5.74, 6) is -0.0438. The molecule has 2 atom stereocenters. The minimum Gasteiger partial charge on any atom is -0.389 e. The van der Waals surface area contributed by atoms with Crippen LogP contribution in [0.3, 0.4) is 0 Å². The molecule has 0 unspecified atom stereocenters. The summed E-state index contributed by atoms with van der Waals surface area (Å²) in [5, 5.41) is 13.5. The summed E-state index contributed by atoms with van der Waals surface area (Å²) in [6, 6.07) is 7.40. The van der Waals surface area contributed by atoms with E-state index in [4.69, 9.17) is 16.3 Å². The fourth-order valence-electron chi connectivity index (χ4n) is 2.82. The van der Waals surface area contributed by atoms with Gasteiger partial charge in [-0.05, 0) is 32.5 Å². The van der Waals surface area contributed by atoms with Crippen LogP contribution in [0.15, 0.2) is 24.3 Å². The standard InChI is InChI=1S/C17H25ClN2O3/c1-17(2,11-20(3)14-9-23-10-15(14)21)16(22)19-8-12-6-4-5-7-13(12)18/h4-7,14-15,21H,8-11H2,1-3H3,(H,19,22)/t14-,15-/m1/s1. The van der Waals surface area contributed by atoms with Gasteiger partial charge >= 0.3 is 0 Å². The lowest BCUT2D eigenvalue weighted by Crippen LogP contribution is -2.49. The van der Waals surface area contributed by atoms with Gasteiger partial charge < -0.3 is 15.2 Å². The monoisotopic (exact) mass is 340 g/mol. The Labute approximate surface area is 142 Å². The van der Waals surface area contributed by atoms with Crippen LogP contribution in [0.4, 0.5) is 0 Å². The number of aliphatic hydroxyl groups is 1. The van der Waals surface area contributed by atoms with Gasteiger partial charge in [0.15, 0.2) is 0 Å². The molecular weight excluding hydrogens is 316 g/mol. The first-order valence-electron chi connectivity index (χ1n) is 7.79. The van der Waals surface area contributed by atoms with Gasteiger partial charge in [-0.25, -0.2) is 0 Å². The lowest BCUT2D eigenvalue weighted by atomic mass is 9.90. The van der Waals surface area contributed by atoms with Crippen molar-refractivity contribution in [3.8, 4) is 0 Å². The lowest BCUT2D eigenvalue weighted by Gasteiger charge is -2.33. The van der Waals surface area contributed by atoms with Crippen molar-refractivity contribution in [3.63, 3.8) is 0 Å². The number of aliphatic hydroxyl groups excluding tert-OH is 1. The number of halogens is 1. The fourth-order valence-corrected chi connectivity index (χ4v) is 3.02. The van der Waals surface area contributed by atoms with E-state index < -0.39 is 11.5 Å². The Morgan fingerprint density at radius 2 is 2.13 bits per heavy atom. The number of nitrogens with one attached hydrogen (secondary N) is 1. The Morgan fingerprint density at radius 1 is 1.43 bits per heavy atom. The molecule has 0 saturated carbocycles. The van der Waals surface area contributed by atoms with Gasteiger partial charge in [-0.2, -0.15) is 0 Å². The number of rotatable bonds is 6. The molecule has 0 aliphatic carbocycles. The zero-order valence-electron chi connectivity index (χ0n) is 13.9. The number of ether oxygens (including phenoxy) is 1. The molecule has 1 aromatic carbocycles. The highest BCUT2D eigenvalue weighted by Gasteiger charge is 2.35. The highest BCUT2D eigenvalue weighted by atomic mass is 35.5. The Bertz CT molecular complexity index is 550. The number of hydrogen-bond acceptors (Lipinski definition) is 4. The number of amides is 1. The molecule has 6 heteroatoms. The van der Waals surface area contributed by atoms with Crippen LogP contribution in [0.5, 0.6) is 0 Å². The summed E-state index contributed by atoms with van der Waals surface area (Å²) >= 11 is 6.11. The molecule has 23 heavy (non-hydrogen) atoms. The smallest absolute Gasteiger partial charge is 0.227 e.